The van der Waals surface area contributed by atoms with Crippen LogP contribution in [0.25, 0.3) is 0 Å². The third-order valence-corrected chi connectivity index (χ3v) is 3.31. The molecule has 94 valence electrons. The van der Waals surface area contributed by atoms with Gasteiger partial charge in [-0.15, -0.1) is 0 Å². The highest BCUT2D eigenvalue weighted by Crippen LogP contribution is 2.43. The summed E-state index contributed by atoms with van der Waals surface area (Å²) >= 11 is 12.2. The molecule has 17 heavy (non-hydrogen) atoms. The normalized spacial score (nSPS) is 27.4. The van der Waals surface area contributed by atoms with Crippen LogP contribution in [0, 0.1) is 0 Å². The number of benzene rings is 1. The Morgan fingerprint density at radius 2 is 1.82 bits per heavy atom. The first-order valence-corrected chi connectivity index (χ1v) is 6.10. The molecule has 2 rings (SSSR count). The molecule has 1 aliphatic heterocycles. The number of ether oxygens (including phenoxy) is 2. The Labute approximate surface area is 110 Å². The summed E-state index contributed by atoms with van der Waals surface area (Å²) in [4.78, 5) is 0. The van der Waals surface area contributed by atoms with E-state index in [0.29, 0.717) is 15.6 Å². The second-order valence-electron chi connectivity index (χ2n) is 4.41. The first-order valence-electron chi connectivity index (χ1n) is 5.35. The van der Waals surface area contributed by atoms with E-state index in [1.165, 1.54) is 0 Å². The highest BCUT2D eigenvalue weighted by molar-refractivity contribution is 6.36. The molecule has 0 unspecified atom stereocenters. The Kier molecular flexibility index (Phi) is 3.66. The van der Waals surface area contributed by atoms with Gasteiger partial charge in [-0.25, -0.2) is 0 Å². The maximum absolute atomic E-state index is 9.32. The molecule has 1 saturated heterocycles. The summed E-state index contributed by atoms with van der Waals surface area (Å²) < 4.78 is 11.3. The van der Waals surface area contributed by atoms with Gasteiger partial charge in [0.15, 0.2) is 5.79 Å². The van der Waals surface area contributed by atoms with Gasteiger partial charge in [0.2, 0.25) is 0 Å². The van der Waals surface area contributed by atoms with Gasteiger partial charge in [0.05, 0.1) is 6.61 Å². The van der Waals surface area contributed by atoms with Crippen molar-refractivity contribution in [3.05, 3.63) is 33.8 Å². The van der Waals surface area contributed by atoms with Gasteiger partial charge in [0, 0.05) is 15.6 Å². The van der Waals surface area contributed by atoms with Crippen LogP contribution in [0.1, 0.15) is 25.5 Å². The number of aliphatic hydroxyl groups excluding tert-OH is 1. The fraction of sp³-hybridized carbons (Fsp3) is 0.500. The van der Waals surface area contributed by atoms with Gasteiger partial charge in [0.25, 0.3) is 0 Å². The second-order valence-corrected chi connectivity index (χ2v) is 5.23. The highest BCUT2D eigenvalue weighted by Gasteiger charge is 2.43. The largest absolute Gasteiger partial charge is 0.394 e. The van der Waals surface area contributed by atoms with Gasteiger partial charge >= 0.3 is 0 Å². The molecule has 0 aromatic heterocycles. The van der Waals surface area contributed by atoms with Crippen molar-refractivity contribution in [3.63, 3.8) is 0 Å². The lowest BCUT2D eigenvalue weighted by atomic mass is 10.0. The van der Waals surface area contributed by atoms with E-state index in [9.17, 15) is 5.11 Å². The zero-order chi connectivity index (χ0) is 12.6. The quantitative estimate of drug-likeness (QED) is 0.902. The van der Waals surface area contributed by atoms with Crippen LogP contribution >= 0.6 is 23.2 Å². The van der Waals surface area contributed by atoms with E-state index in [0.717, 1.165) is 0 Å². The topological polar surface area (TPSA) is 38.7 Å². The van der Waals surface area contributed by atoms with E-state index >= 15 is 0 Å². The van der Waals surface area contributed by atoms with Crippen molar-refractivity contribution in [2.45, 2.75) is 31.8 Å². The van der Waals surface area contributed by atoms with Crippen LogP contribution in [0.2, 0.25) is 10.0 Å². The molecule has 1 aliphatic rings. The Bertz CT molecular complexity index is 400. The molecule has 0 saturated carbocycles. The molecule has 5 heteroatoms. The molecular formula is C12H14Cl2O3. The van der Waals surface area contributed by atoms with Crippen LogP contribution in [0.4, 0.5) is 0 Å². The minimum atomic E-state index is -0.749. The van der Waals surface area contributed by atoms with Crippen LogP contribution in [-0.2, 0) is 9.47 Å². The molecule has 1 N–H and O–H groups in total. The summed E-state index contributed by atoms with van der Waals surface area (Å²) in [5, 5.41) is 10.4. The molecule has 1 aromatic rings. The first kappa shape index (κ1) is 13.1. The highest BCUT2D eigenvalue weighted by atomic mass is 35.5. The number of hydrogen-bond donors (Lipinski definition) is 1. The van der Waals surface area contributed by atoms with Crippen molar-refractivity contribution in [2.75, 3.05) is 6.61 Å². The smallest absolute Gasteiger partial charge is 0.164 e. The summed E-state index contributed by atoms with van der Waals surface area (Å²) in [6, 6.07) is 5.25. The van der Waals surface area contributed by atoms with Crippen molar-refractivity contribution in [3.8, 4) is 0 Å². The fourth-order valence-corrected chi connectivity index (χ4v) is 2.61. The number of hydrogen-bond acceptors (Lipinski definition) is 3. The average molecular weight is 277 g/mol. The molecular weight excluding hydrogens is 263 g/mol. The number of rotatable bonds is 2. The SMILES string of the molecule is CC1(C)O[C@@H](CO)[C@H](c2c(Cl)cccc2Cl)O1. The van der Waals surface area contributed by atoms with Crippen molar-refractivity contribution < 1.29 is 14.6 Å². The predicted octanol–water partition coefficient (Wildman–Crippen LogP) is 3.18. The maximum Gasteiger partial charge on any atom is 0.164 e. The Morgan fingerprint density at radius 3 is 2.35 bits per heavy atom. The Morgan fingerprint density at radius 1 is 1.24 bits per heavy atom. The van der Waals surface area contributed by atoms with Gasteiger partial charge in [-0.1, -0.05) is 29.3 Å². The van der Waals surface area contributed by atoms with Crippen LogP contribution in [0.15, 0.2) is 18.2 Å². The lowest BCUT2D eigenvalue weighted by molar-refractivity contribution is -0.149. The zero-order valence-corrected chi connectivity index (χ0v) is 11.1. The minimum absolute atomic E-state index is 0.143. The summed E-state index contributed by atoms with van der Waals surface area (Å²) in [5.74, 6) is -0.749. The van der Waals surface area contributed by atoms with Gasteiger partial charge in [-0.3, -0.25) is 0 Å². The van der Waals surface area contributed by atoms with E-state index in [1.807, 2.05) is 0 Å². The molecule has 1 heterocycles. The van der Waals surface area contributed by atoms with Gasteiger partial charge in [0.1, 0.15) is 12.2 Å². The lowest BCUT2D eigenvalue weighted by Gasteiger charge is -2.18. The standard InChI is InChI=1S/C12H14Cl2O3/c1-12(2)16-9(6-15)11(17-12)10-7(13)4-3-5-8(10)14/h3-5,9,11,15H,6H2,1-2H3/t9-,11+/m0/s1. The summed E-state index contributed by atoms with van der Waals surface area (Å²) in [7, 11) is 0. The van der Waals surface area contributed by atoms with E-state index < -0.39 is 18.0 Å². The summed E-state index contributed by atoms with van der Waals surface area (Å²) in [5.41, 5.74) is 0.667. The van der Waals surface area contributed by atoms with E-state index in [4.69, 9.17) is 32.7 Å². The number of aliphatic hydroxyl groups is 1. The maximum atomic E-state index is 9.32. The number of halogens is 2. The predicted molar refractivity (Wildman–Crippen MR) is 66.3 cm³/mol. The molecule has 0 bridgehead atoms. The molecule has 0 aliphatic carbocycles. The molecule has 3 nitrogen and oxygen atoms in total. The Balaban J connectivity index is 2.39. The summed E-state index contributed by atoms with van der Waals surface area (Å²) in [6.07, 6.45) is -0.904. The van der Waals surface area contributed by atoms with Crippen molar-refractivity contribution in [2.24, 2.45) is 0 Å². The van der Waals surface area contributed by atoms with Crippen LogP contribution in [0.5, 0.6) is 0 Å². The molecule has 1 fully saturated rings. The first-order chi connectivity index (χ1) is 7.94. The Hall–Kier alpha value is -0.320. The van der Waals surface area contributed by atoms with Crippen molar-refractivity contribution >= 4 is 23.2 Å². The van der Waals surface area contributed by atoms with Gasteiger partial charge < -0.3 is 14.6 Å². The second kappa shape index (κ2) is 4.75. The van der Waals surface area contributed by atoms with E-state index in [1.54, 1.807) is 32.0 Å². The van der Waals surface area contributed by atoms with Gasteiger partial charge in [-0.05, 0) is 26.0 Å². The monoisotopic (exact) mass is 276 g/mol. The molecule has 0 radical (unpaired) electrons. The molecule has 2 atom stereocenters. The van der Waals surface area contributed by atoms with Crippen LogP contribution in [0.3, 0.4) is 0 Å². The molecule has 1 aromatic carbocycles. The molecule has 0 spiro atoms. The van der Waals surface area contributed by atoms with Crippen molar-refractivity contribution in [1.82, 2.24) is 0 Å². The fourth-order valence-electron chi connectivity index (χ4n) is 2.00. The van der Waals surface area contributed by atoms with Crippen molar-refractivity contribution in [1.29, 1.82) is 0 Å². The van der Waals surface area contributed by atoms with Gasteiger partial charge in [-0.2, -0.15) is 0 Å². The summed E-state index contributed by atoms with van der Waals surface area (Å²) in [6.45, 7) is 3.44. The third kappa shape index (κ3) is 2.59. The lowest BCUT2D eigenvalue weighted by Crippen LogP contribution is -2.23. The van der Waals surface area contributed by atoms with Crippen LogP contribution < -0.4 is 0 Å². The minimum Gasteiger partial charge on any atom is -0.394 e. The van der Waals surface area contributed by atoms with Crippen LogP contribution in [-0.4, -0.2) is 23.6 Å². The average Bonchev–Trinajstić information content (AvgIpc) is 2.53. The third-order valence-electron chi connectivity index (χ3n) is 2.65. The molecule has 0 amide bonds. The van der Waals surface area contributed by atoms with E-state index in [-0.39, 0.29) is 6.61 Å². The zero-order valence-electron chi connectivity index (χ0n) is 9.61. The van der Waals surface area contributed by atoms with E-state index in [2.05, 4.69) is 0 Å².